The summed E-state index contributed by atoms with van der Waals surface area (Å²) in [6.07, 6.45) is 0.105. The maximum atomic E-state index is 12.6. The highest BCUT2D eigenvalue weighted by Gasteiger charge is 2.35. The molecule has 0 saturated carbocycles. The fourth-order valence-electron chi connectivity index (χ4n) is 3.24. The van der Waals surface area contributed by atoms with Crippen molar-refractivity contribution >= 4 is 39.1 Å². The molecule has 2 N–H and O–H groups in total. The Kier molecular flexibility index (Phi) is 5.93. The third-order valence-corrected chi connectivity index (χ3v) is 6.46. The number of aryl methyl sites for hydroxylation is 2. The Morgan fingerprint density at radius 1 is 1.03 bits per heavy atom. The van der Waals surface area contributed by atoms with Crippen LogP contribution in [0.5, 0.6) is 0 Å². The molecular formula is C21H23N3O5S. The molecule has 30 heavy (non-hydrogen) atoms. The lowest BCUT2D eigenvalue weighted by atomic mass is 10.1. The number of carbonyl (C=O) groups is 3. The molecule has 1 unspecified atom stereocenters. The molecule has 3 rings (SSSR count). The molecular weight excluding hydrogens is 406 g/mol. The topological polar surface area (TPSA) is 113 Å². The number of amides is 3. The molecule has 3 amide bonds. The van der Waals surface area contributed by atoms with Crippen LogP contribution >= 0.6 is 0 Å². The van der Waals surface area contributed by atoms with Crippen LogP contribution in [0.25, 0.3) is 0 Å². The van der Waals surface area contributed by atoms with Gasteiger partial charge >= 0.3 is 0 Å². The van der Waals surface area contributed by atoms with Gasteiger partial charge in [-0.05, 0) is 61.4 Å². The van der Waals surface area contributed by atoms with Crippen molar-refractivity contribution in [3.05, 3.63) is 53.6 Å². The van der Waals surface area contributed by atoms with Crippen LogP contribution in [0.2, 0.25) is 0 Å². The first-order valence-electron chi connectivity index (χ1n) is 9.39. The molecule has 1 aliphatic heterocycles. The third-order valence-electron chi connectivity index (χ3n) is 5.01. The highest BCUT2D eigenvalue weighted by atomic mass is 32.2. The van der Waals surface area contributed by atoms with E-state index in [9.17, 15) is 22.8 Å². The summed E-state index contributed by atoms with van der Waals surface area (Å²) in [6, 6.07) is 11.2. The number of nitrogens with one attached hydrogen (secondary N) is 2. The fraction of sp³-hybridized carbons (Fsp3) is 0.286. The minimum absolute atomic E-state index is 0.0901. The number of rotatable bonds is 5. The smallest absolute Gasteiger partial charge is 0.264 e. The van der Waals surface area contributed by atoms with E-state index in [0.717, 1.165) is 23.7 Å². The number of anilines is 2. The van der Waals surface area contributed by atoms with Gasteiger partial charge in [-0.15, -0.1) is 0 Å². The highest BCUT2D eigenvalue weighted by Crippen LogP contribution is 2.27. The predicted molar refractivity (Wildman–Crippen MR) is 112 cm³/mol. The maximum Gasteiger partial charge on any atom is 0.264 e. The molecule has 0 radical (unpaired) electrons. The van der Waals surface area contributed by atoms with Gasteiger partial charge in [0.1, 0.15) is 0 Å². The van der Waals surface area contributed by atoms with Gasteiger partial charge < -0.3 is 10.2 Å². The van der Waals surface area contributed by atoms with E-state index in [1.165, 1.54) is 24.3 Å². The number of sulfonamides is 1. The van der Waals surface area contributed by atoms with Gasteiger partial charge in [-0.3, -0.25) is 14.4 Å². The largest absolute Gasteiger partial charge is 0.326 e. The molecule has 0 bridgehead atoms. The molecule has 2 aromatic rings. The van der Waals surface area contributed by atoms with Crippen molar-refractivity contribution in [1.82, 2.24) is 4.72 Å². The quantitative estimate of drug-likeness (QED) is 0.756. The summed E-state index contributed by atoms with van der Waals surface area (Å²) in [5, 5.41) is 2.72. The number of carbonyl (C=O) groups excluding carboxylic acids is 3. The van der Waals surface area contributed by atoms with Gasteiger partial charge in [0.25, 0.3) is 10.0 Å². The zero-order valence-electron chi connectivity index (χ0n) is 16.9. The first-order valence-corrected chi connectivity index (χ1v) is 10.9. The van der Waals surface area contributed by atoms with Crippen molar-refractivity contribution in [1.29, 1.82) is 0 Å². The molecule has 0 aliphatic carbocycles. The highest BCUT2D eigenvalue weighted by molar-refractivity contribution is 7.90. The van der Waals surface area contributed by atoms with Crippen LogP contribution in [0.3, 0.4) is 0 Å². The summed E-state index contributed by atoms with van der Waals surface area (Å²) in [7, 11) is -3.94. The summed E-state index contributed by atoms with van der Waals surface area (Å²) in [4.78, 5) is 37.6. The molecule has 158 valence electrons. The van der Waals surface area contributed by atoms with Crippen molar-refractivity contribution < 1.29 is 22.8 Å². The lowest BCUT2D eigenvalue weighted by Gasteiger charge is -2.18. The van der Waals surface area contributed by atoms with Crippen molar-refractivity contribution in [3.63, 3.8) is 0 Å². The second kappa shape index (κ2) is 8.27. The van der Waals surface area contributed by atoms with Crippen LogP contribution in [-0.2, 0) is 24.4 Å². The summed E-state index contributed by atoms with van der Waals surface area (Å²) >= 11 is 0. The SMILES string of the molecule is CC(=O)NS(=O)(=O)c1ccc(NC(=O)C2CC(=O)N(c3ccc(C)c(C)c3)C2)cc1. The van der Waals surface area contributed by atoms with E-state index >= 15 is 0 Å². The Morgan fingerprint density at radius 2 is 1.70 bits per heavy atom. The third kappa shape index (κ3) is 4.68. The number of benzene rings is 2. The summed E-state index contributed by atoms with van der Waals surface area (Å²) in [5.74, 6) is -1.63. The average Bonchev–Trinajstić information content (AvgIpc) is 3.05. The van der Waals surface area contributed by atoms with Crippen molar-refractivity contribution in [2.75, 3.05) is 16.8 Å². The molecule has 0 spiro atoms. The zero-order valence-corrected chi connectivity index (χ0v) is 17.7. The standard InChI is InChI=1S/C21H23N3O5S/c1-13-4-7-18(10-14(13)2)24-12-16(11-20(24)26)21(27)22-17-5-8-19(9-6-17)30(28,29)23-15(3)25/h4-10,16H,11-12H2,1-3H3,(H,22,27)(H,23,25). The monoisotopic (exact) mass is 429 g/mol. The van der Waals surface area contributed by atoms with E-state index in [1.807, 2.05) is 36.8 Å². The summed E-state index contributed by atoms with van der Waals surface area (Å²) < 4.78 is 25.8. The van der Waals surface area contributed by atoms with E-state index in [-0.39, 0.29) is 29.7 Å². The van der Waals surface area contributed by atoms with Crippen molar-refractivity contribution in [3.8, 4) is 0 Å². The van der Waals surface area contributed by atoms with Crippen molar-refractivity contribution in [2.45, 2.75) is 32.1 Å². The Labute approximate surface area is 175 Å². The van der Waals surface area contributed by atoms with Crippen LogP contribution in [0.4, 0.5) is 11.4 Å². The second-order valence-corrected chi connectivity index (χ2v) is 9.03. The van der Waals surface area contributed by atoms with Gasteiger partial charge in [-0.25, -0.2) is 13.1 Å². The van der Waals surface area contributed by atoms with Gasteiger partial charge in [0.05, 0.1) is 10.8 Å². The maximum absolute atomic E-state index is 12.6. The minimum atomic E-state index is -3.94. The van der Waals surface area contributed by atoms with E-state index < -0.39 is 21.8 Å². The van der Waals surface area contributed by atoms with Crippen LogP contribution in [0, 0.1) is 19.8 Å². The zero-order chi connectivity index (χ0) is 22.1. The van der Waals surface area contributed by atoms with Gasteiger partial charge in [-0.1, -0.05) is 6.07 Å². The van der Waals surface area contributed by atoms with Crippen LogP contribution in [-0.4, -0.2) is 32.7 Å². The lowest BCUT2D eigenvalue weighted by Crippen LogP contribution is -2.28. The summed E-state index contributed by atoms with van der Waals surface area (Å²) in [6.45, 7) is 5.35. The summed E-state index contributed by atoms with van der Waals surface area (Å²) in [5.41, 5.74) is 3.37. The molecule has 1 heterocycles. The van der Waals surface area contributed by atoms with Gasteiger partial charge in [-0.2, -0.15) is 0 Å². The minimum Gasteiger partial charge on any atom is -0.326 e. The Morgan fingerprint density at radius 3 is 2.30 bits per heavy atom. The van der Waals surface area contributed by atoms with Gasteiger partial charge in [0, 0.05) is 31.3 Å². The Bertz CT molecular complexity index is 1110. The first kappa shape index (κ1) is 21.5. The molecule has 1 saturated heterocycles. The predicted octanol–water partition coefficient (Wildman–Crippen LogP) is 2.12. The average molecular weight is 429 g/mol. The Balaban J connectivity index is 1.67. The molecule has 1 fully saturated rings. The van der Waals surface area contributed by atoms with E-state index in [0.29, 0.717) is 5.69 Å². The molecule has 0 aromatic heterocycles. The van der Waals surface area contributed by atoms with Crippen molar-refractivity contribution in [2.24, 2.45) is 5.92 Å². The number of hydrogen-bond acceptors (Lipinski definition) is 5. The van der Waals surface area contributed by atoms with Gasteiger partial charge in [0.2, 0.25) is 17.7 Å². The molecule has 9 heteroatoms. The normalized spacial score (nSPS) is 16.4. The number of hydrogen-bond donors (Lipinski definition) is 2. The fourth-order valence-corrected chi connectivity index (χ4v) is 4.23. The van der Waals surface area contributed by atoms with E-state index in [4.69, 9.17) is 0 Å². The lowest BCUT2D eigenvalue weighted by molar-refractivity contribution is -0.122. The second-order valence-electron chi connectivity index (χ2n) is 7.35. The van der Waals surface area contributed by atoms with E-state index in [1.54, 1.807) is 4.90 Å². The Hall–Kier alpha value is -3.20. The van der Waals surface area contributed by atoms with Crippen LogP contribution < -0.4 is 14.9 Å². The molecule has 8 nitrogen and oxygen atoms in total. The molecule has 1 aliphatic rings. The van der Waals surface area contributed by atoms with Crippen LogP contribution in [0.1, 0.15) is 24.5 Å². The van der Waals surface area contributed by atoms with E-state index in [2.05, 4.69) is 5.32 Å². The molecule has 1 atom stereocenters. The first-order chi connectivity index (χ1) is 14.1. The van der Waals surface area contributed by atoms with Crippen LogP contribution in [0.15, 0.2) is 47.4 Å². The number of nitrogens with zero attached hydrogens (tertiary/aromatic N) is 1. The van der Waals surface area contributed by atoms with Gasteiger partial charge in [0.15, 0.2) is 0 Å². The molecule has 2 aromatic carbocycles.